The molecule has 0 saturated carbocycles. The molecule has 18 heavy (non-hydrogen) atoms. The van der Waals surface area contributed by atoms with Crippen molar-refractivity contribution in [1.82, 2.24) is 0 Å². The van der Waals surface area contributed by atoms with Crippen molar-refractivity contribution >= 4 is 21.8 Å². The van der Waals surface area contributed by atoms with Crippen LogP contribution in [0.4, 0.5) is 0 Å². The quantitative estimate of drug-likeness (QED) is 0.387. The third kappa shape index (κ3) is 9.07. The van der Waals surface area contributed by atoms with Gasteiger partial charge in [-0.3, -0.25) is 0 Å². The Morgan fingerprint density at radius 3 is 2.11 bits per heavy atom. The first-order chi connectivity index (χ1) is 8.93. The number of rotatable bonds is 11. The molecule has 0 aliphatic rings. The van der Waals surface area contributed by atoms with E-state index in [2.05, 4.69) is 37.3 Å². The Bertz CT molecular complexity index is 272. The second kappa shape index (κ2) is 12.1. The molecule has 0 saturated heterocycles. The summed E-state index contributed by atoms with van der Waals surface area (Å²) in [5.41, 5.74) is 0. The zero-order valence-corrected chi connectivity index (χ0v) is 14.4. The predicted molar refractivity (Wildman–Crippen MR) is 93.0 cm³/mol. The molecule has 0 radical (unpaired) electrons. The van der Waals surface area contributed by atoms with E-state index in [9.17, 15) is 0 Å². The van der Waals surface area contributed by atoms with Crippen molar-refractivity contribution < 1.29 is 0 Å². The molecule has 1 atom stereocenters. The van der Waals surface area contributed by atoms with Crippen LogP contribution < -0.4 is 5.30 Å². The molecule has 1 unspecified atom stereocenters. The maximum atomic E-state index is 2.29. The molecular weight excluding hydrogens is 254 g/mol. The molecule has 0 aromatic heterocycles. The molecule has 2 heteroatoms. The summed E-state index contributed by atoms with van der Waals surface area (Å²) in [5, 5.41) is 1.59. The first-order valence-electron chi connectivity index (χ1n) is 7.72. The van der Waals surface area contributed by atoms with Crippen LogP contribution >= 0.6 is 16.5 Å². The van der Waals surface area contributed by atoms with Gasteiger partial charge in [0.2, 0.25) is 0 Å². The second-order valence-corrected chi connectivity index (χ2v) is 9.82. The van der Waals surface area contributed by atoms with E-state index >= 15 is 0 Å². The fourth-order valence-electron chi connectivity index (χ4n) is 2.22. The summed E-state index contributed by atoms with van der Waals surface area (Å²) < 4.78 is 0. The molecule has 0 N–H and O–H groups in total. The van der Waals surface area contributed by atoms with E-state index < -0.39 is 0 Å². The van der Waals surface area contributed by atoms with Gasteiger partial charge in [-0.15, -0.1) is 0 Å². The molecule has 0 nitrogen and oxygen atoms in total. The van der Waals surface area contributed by atoms with Gasteiger partial charge in [0, 0.05) is 0 Å². The summed E-state index contributed by atoms with van der Waals surface area (Å²) in [6.07, 6.45) is 13.2. The van der Waals surface area contributed by atoms with E-state index in [1.165, 1.54) is 51.4 Å². The molecule has 0 amide bonds. The first kappa shape index (κ1) is 16.1. The second-order valence-electron chi connectivity index (χ2n) is 5.12. The van der Waals surface area contributed by atoms with E-state index in [1.54, 1.807) is 11.5 Å². The monoisotopic (exact) mass is 284 g/mol. The van der Waals surface area contributed by atoms with E-state index in [4.69, 9.17) is 0 Å². The van der Waals surface area contributed by atoms with Gasteiger partial charge in [0.25, 0.3) is 0 Å². The van der Waals surface area contributed by atoms with Crippen LogP contribution in [0.1, 0.15) is 58.3 Å². The molecule has 0 bridgehead atoms. The van der Waals surface area contributed by atoms with E-state index in [1.807, 2.05) is 0 Å². The van der Waals surface area contributed by atoms with E-state index in [0.29, 0.717) is 0 Å². The van der Waals surface area contributed by atoms with Crippen molar-refractivity contribution in [2.75, 3.05) is 6.16 Å². The Labute approximate surface area is 117 Å². The average Bonchev–Trinajstić information content (AvgIpc) is 2.42. The van der Waals surface area contributed by atoms with Crippen LogP contribution in [0.3, 0.4) is 0 Å². The van der Waals surface area contributed by atoms with Crippen LogP contribution in [0, 0.1) is 0 Å². The van der Waals surface area contributed by atoms with Gasteiger partial charge >= 0.3 is 117 Å². The van der Waals surface area contributed by atoms with Crippen molar-refractivity contribution in [1.29, 1.82) is 0 Å². The molecule has 0 fully saturated rings. The Hall–Kier alpha value is 0.0800. The molecular formula is C16H30P2. The fourth-order valence-corrected chi connectivity index (χ4v) is 6.58. The van der Waals surface area contributed by atoms with Crippen LogP contribution in [0.15, 0.2) is 30.3 Å². The molecule has 104 valence electrons. The Morgan fingerprint density at radius 2 is 1.44 bits per heavy atom. The van der Waals surface area contributed by atoms with Gasteiger partial charge in [-0.2, -0.15) is 0 Å². The summed E-state index contributed by atoms with van der Waals surface area (Å²) in [6, 6.07) is 11.0. The fraction of sp³-hybridized carbons (Fsp3) is 0.625. The summed E-state index contributed by atoms with van der Waals surface area (Å²) in [7, 11) is 1.35. The third-order valence-electron chi connectivity index (χ3n) is 3.38. The average molecular weight is 284 g/mol. The van der Waals surface area contributed by atoms with Gasteiger partial charge in [0.05, 0.1) is 0 Å². The van der Waals surface area contributed by atoms with Gasteiger partial charge in [-0.1, -0.05) is 0 Å². The topological polar surface area (TPSA) is 0 Å². The van der Waals surface area contributed by atoms with Crippen molar-refractivity contribution in [3.63, 3.8) is 0 Å². The zero-order valence-electron chi connectivity index (χ0n) is 12.0. The number of hydrogen-bond acceptors (Lipinski definition) is 0. The zero-order chi connectivity index (χ0) is 12.9. The molecule has 0 spiro atoms. The molecule has 1 aromatic carbocycles. The van der Waals surface area contributed by atoms with E-state index in [-0.39, 0.29) is 8.27 Å². The van der Waals surface area contributed by atoms with Gasteiger partial charge in [0.15, 0.2) is 0 Å². The summed E-state index contributed by atoms with van der Waals surface area (Å²) in [5.74, 6) is 0. The molecule has 0 heterocycles. The minimum atomic E-state index is 0.193. The first-order valence-corrected chi connectivity index (χ1v) is 12.0. The predicted octanol–water partition coefficient (Wildman–Crippen LogP) is 5.19. The van der Waals surface area contributed by atoms with Crippen molar-refractivity contribution in [2.45, 2.75) is 58.3 Å². The SMILES string of the molecule is CCCCCCCCCC[PH3]Pc1ccccc1. The van der Waals surface area contributed by atoms with Gasteiger partial charge in [0.1, 0.15) is 0 Å². The standard InChI is InChI=1S/C16H30P2/c1-2-3-4-5-6-7-8-12-15-17-18-16-13-10-9-11-14-16/h9-11,13-14,18H,2-8,12,15H2,1,17H3. The number of benzene rings is 1. The molecule has 0 aliphatic carbocycles. The van der Waals surface area contributed by atoms with Crippen LogP contribution in [0.2, 0.25) is 0 Å². The van der Waals surface area contributed by atoms with Gasteiger partial charge < -0.3 is 0 Å². The van der Waals surface area contributed by atoms with Crippen molar-refractivity contribution in [3.8, 4) is 0 Å². The number of unbranched alkanes of at least 4 members (excludes halogenated alkanes) is 7. The van der Waals surface area contributed by atoms with Crippen LogP contribution in [0.25, 0.3) is 0 Å². The maximum absolute atomic E-state index is 2.29. The van der Waals surface area contributed by atoms with Crippen LogP contribution in [-0.4, -0.2) is 6.16 Å². The summed E-state index contributed by atoms with van der Waals surface area (Å²) in [4.78, 5) is 0. The van der Waals surface area contributed by atoms with Crippen LogP contribution in [-0.2, 0) is 0 Å². The van der Waals surface area contributed by atoms with Crippen LogP contribution in [0.5, 0.6) is 0 Å². The van der Waals surface area contributed by atoms with Gasteiger partial charge in [-0.25, -0.2) is 0 Å². The minimum absolute atomic E-state index is 0.193. The van der Waals surface area contributed by atoms with Gasteiger partial charge in [-0.05, 0) is 0 Å². The van der Waals surface area contributed by atoms with Crippen molar-refractivity contribution in [3.05, 3.63) is 30.3 Å². The molecule has 1 rings (SSSR count). The summed E-state index contributed by atoms with van der Waals surface area (Å²) in [6.45, 7) is 2.29. The Morgan fingerprint density at radius 1 is 0.833 bits per heavy atom. The normalized spacial score (nSPS) is 11.6. The molecule has 0 aliphatic heterocycles. The summed E-state index contributed by atoms with van der Waals surface area (Å²) >= 11 is 0. The third-order valence-corrected chi connectivity index (χ3v) is 8.26. The van der Waals surface area contributed by atoms with Crippen molar-refractivity contribution in [2.24, 2.45) is 0 Å². The Kier molecular flexibility index (Phi) is 10.9. The molecule has 1 aromatic rings. The van der Waals surface area contributed by atoms with E-state index in [0.717, 1.165) is 8.27 Å². The Balaban J connectivity index is 1.82. The number of hydrogen-bond donors (Lipinski definition) is 0.